The van der Waals surface area contributed by atoms with Crippen LogP contribution in [0.15, 0.2) is 36.4 Å². The first-order chi connectivity index (χ1) is 17.1. The number of hydrazine groups is 1. The van der Waals surface area contributed by atoms with E-state index >= 15 is 0 Å². The first-order valence-corrected chi connectivity index (χ1v) is 12.5. The fraction of sp³-hybridized carbons (Fsp3) is 0.440. The van der Waals surface area contributed by atoms with Gasteiger partial charge in [-0.05, 0) is 36.8 Å². The lowest BCUT2D eigenvalue weighted by Gasteiger charge is -2.33. The minimum atomic E-state index is -0.299. The van der Waals surface area contributed by atoms with E-state index < -0.39 is 0 Å². The highest BCUT2D eigenvalue weighted by Gasteiger charge is 2.36. The Morgan fingerprint density at radius 3 is 2.49 bits per heavy atom. The van der Waals surface area contributed by atoms with Gasteiger partial charge in [0.1, 0.15) is 29.4 Å². The smallest absolute Gasteiger partial charge is 0.274 e. The highest BCUT2D eigenvalue weighted by Crippen LogP contribution is 2.34. The number of carbonyl (C=O) groups is 1. The molecule has 2 saturated heterocycles. The van der Waals surface area contributed by atoms with Gasteiger partial charge in [-0.2, -0.15) is 0 Å². The Bertz CT molecular complexity index is 1190. The van der Waals surface area contributed by atoms with Crippen molar-refractivity contribution in [2.24, 2.45) is 0 Å². The summed E-state index contributed by atoms with van der Waals surface area (Å²) in [5.41, 5.74) is 8.28. The fourth-order valence-corrected chi connectivity index (χ4v) is 5.52. The molecule has 3 aromatic rings. The molecule has 0 aliphatic carbocycles. The van der Waals surface area contributed by atoms with Crippen LogP contribution in [-0.4, -0.2) is 62.4 Å². The summed E-state index contributed by atoms with van der Waals surface area (Å²) >= 11 is 1.53. The number of nitrogens with one attached hydrogen (secondary N) is 2. The molecule has 186 valence electrons. The third kappa shape index (κ3) is 5.00. The molecule has 1 aromatic heterocycles. The van der Waals surface area contributed by atoms with Gasteiger partial charge in [0.25, 0.3) is 5.19 Å². The largest absolute Gasteiger partial charge is 0.497 e. The Hall–Kier alpha value is -3.08. The molecule has 5 rings (SSSR count). The zero-order valence-electron chi connectivity index (χ0n) is 20.1. The van der Waals surface area contributed by atoms with Gasteiger partial charge in [0.05, 0.1) is 37.6 Å². The maximum atomic E-state index is 13.2. The second-order valence-corrected chi connectivity index (χ2v) is 9.69. The minimum absolute atomic E-state index is 0.0463. The Morgan fingerprint density at radius 1 is 1.00 bits per heavy atom. The SMILES string of the molecule is COc1ccc(OC)c(C2CC(C(=O)N3CCC(Oc4nc5cc(OC)ccc5s4)CC3)NN2)c1. The van der Waals surface area contributed by atoms with Crippen LogP contribution in [0.25, 0.3) is 10.2 Å². The van der Waals surface area contributed by atoms with E-state index in [2.05, 4.69) is 15.8 Å². The van der Waals surface area contributed by atoms with Crippen LogP contribution in [0.1, 0.15) is 30.9 Å². The van der Waals surface area contributed by atoms with Gasteiger partial charge in [-0.1, -0.05) is 11.3 Å². The predicted octanol–water partition coefficient (Wildman–Crippen LogP) is 3.30. The van der Waals surface area contributed by atoms with Crippen LogP contribution in [0.2, 0.25) is 0 Å². The zero-order chi connectivity index (χ0) is 24.4. The highest BCUT2D eigenvalue weighted by atomic mass is 32.1. The lowest BCUT2D eigenvalue weighted by Crippen LogP contribution is -2.49. The summed E-state index contributed by atoms with van der Waals surface area (Å²) in [7, 11) is 4.93. The van der Waals surface area contributed by atoms with E-state index in [9.17, 15) is 4.79 Å². The summed E-state index contributed by atoms with van der Waals surface area (Å²) in [6, 6.07) is 11.2. The quantitative estimate of drug-likeness (QED) is 0.513. The van der Waals surface area contributed by atoms with Crippen LogP contribution < -0.4 is 29.8 Å². The number of thiazole rings is 1. The van der Waals surface area contributed by atoms with Crippen LogP contribution in [0, 0.1) is 0 Å². The minimum Gasteiger partial charge on any atom is -0.497 e. The van der Waals surface area contributed by atoms with Crippen LogP contribution in [0.5, 0.6) is 22.4 Å². The van der Waals surface area contributed by atoms with Crippen molar-refractivity contribution in [1.29, 1.82) is 0 Å². The third-order valence-electron chi connectivity index (χ3n) is 6.61. The number of hydrogen-bond acceptors (Lipinski definition) is 9. The first kappa shape index (κ1) is 23.7. The molecule has 2 aliphatic rings. The van der Waals surface area contributed by atoms with Crippen molar-refractivity contribution < 1.29 is 23.7 Å². The molecule has 2 aromatic carbocycles. The molecule has 10 heteroatoms. The van der Waals surface area contributed by atoms with Crippen molar-refractivity contribution in [2.45, 2.75) is 37.5 Å². The number of carbonyl (C=O) groups excluding carboxylic acids is 1. The Balaban J connectivity index is 1.16. The first-order valence-electron chi connectivity index (χ1n) is 11.7. The summed E-state index contributed by atoms with van der Waals surface area (Å²) in [4.78, 5) is 19.7. The molecule has 2 fully saturated rings. The lowest BCUT2D eigenvalue weighted by molar-refractivity contribution is -0.135. The average Bonchev–Trinajstić information content (AvgIpc) is 3.55. The van der Waals surface area contributed by atoms with Crippen molar-refractivity contribution in [3.05, 3.63) is 42.0 Å². The van der Waals surface area contributed by atoms with E-state index in [1.54, 1.807) is 21.3 Å². The molecule has 2 atom stereocenters. The van der Waals surface area contributed by atoms with Crippen molar-refractivity contribution in [2.75, 3.05) is 34.4 Å². The molecule has 3 heterocycles. The molecule has 2 aliphatic heterocycles. The molecular formula is C25H30N4O5S. The molecular weight excluding hydrogens is 468 g/mol. The summed E-state index contributed by atoms with van der Waals surface area (Å²) in [6.45, 7) is 1.32. The van der Waals surface area contributed by atoms with E-state index in [1.165, 1.54) is 11.3 Å². The molecule has 2 unspecified atom stereocenters. The Kier molecular flexibility index (Phi) is 6.94. The zero-order valence-corrected chi connectivity index (χ0v) is 20.9. The molecule has 9 nitrogen and oxygen atoms in total. The second kappa shape index (κ2) is 10.3. The molecule has 0 saturated carbocycles. The number of nitrogens with zero attached hydrogens (tertiary/aromatic N) is 2. The van der Waals surface area contributed by atoms with E-state index in [1.807, 2.05) is 41.3 Å². The molecule has 0 radical (unpaired) electrons. The van der Waals surface area contributed by atoms with Gasteiger partial charge >= 0.3 is 0 Å². The average molecular weight is 499 g/mol. The number of amides is 1. The van der Waals surface area contributed by atoms with Gasteiger partial charge in [0, 0.05) is 37.6 Å². The highest BCUT2D eigenvalue weighted by molar-refractivity contribution is 7.20. The van der Waals surface area contributed by atoms with Crippen molar-refractivity contribution in [1.82, 2.24) is 20.7 Å². The summed E-state index contributed by atoms with van der Waals surface area (Å²) in [5.74, 6) is 2.41. The maximum absolute atomic E-state index is 13.2. The number of ether oxygens (including phenoxy) is 4. The fourth-order valence-electron chi connectivity index (χ4n) is 4.65. The Labute approximate surface area is 208 Å². The number of fused-ring (bicyclic) bond motifs is 1. The summed E-state index contributed by atoms with van der Waals surface area (Å²) < 4.78 is 23.4. The summed E-state index contributed by atoms with van der Waals surface area (Å²) in [5, 5.41) is 0.662. The normalized spacial score (nSPS) is 20.7. The van der Waals surface area contributed by atoms with E-state index in [4.69, 9.17) is 18.9 Å². The number of rotatable bonds is 7. The molecule has 35 heavy (non-hydrogen) atoms. The number of hydrogen-bond donors (Lipinski definition) is 2. The van der Waals surface area contributed by atoms with E-state index in [0.717, 1.165) is 45.9 Å². The van der Waals surface area contributed by atoms with Gasteiger partial charge in [0.2, 0.25) is 5.91 Å². The molecule has 1 amide bonds. The van der Waals surface area contributed by atoms with E-state index in [-0.39, 0.29) is 24.1 Å². The van der Waals surface area contributed by atoms with Crippen LogP contribution in [0.3, 0.4) is 0 Å². The maximum Gasteiger partial charge on any atom is 0.274 e. The van der Waals surface area contributed by atoms with Crippen LogP contribution in [0.4, 0.5) is 0 Å². The van der Waals surface area contributed by atoms with Crippen molar-refractivity contribution >= 4 is 27.5 Å². The van der Waals surface area contributed by atoms with Gasteiger partial charge in [-0.15, -0.1) is 0 Å². The predicted molar refractivity (Wildman–Crippen MR) is 133 cm³/mol. The number of benzene rings is 2. The number of aromatic nitrogens is 1. The third-order valence-corrected chi connectivity index (χ3v) is 7.54. The van der Waals surface area contributed by atoms with Crippen molar-refractivity contribution in [3.63, 3.8) is 0 Å². The molecule has 0 spiro atoms. The lowest BCUT2D eigenvalue weighted by atomic mass is 9.99. The molecule has 0 bridgehead atoms. The van der Waals surface area contributed by atoms with Crippen LogP contribution >= 0.6 is 11.3 Å². The van der Waals surface area contributed by atoms with Gasteiger partial charge < -0.3 is 23.8 Å². The van der Waals surface area contributed by atoms with Gasteiger partial charge in [-0.25, -0.2) is 15.8 Å². The molecule has 2 N–H and O–H groups in total. The second-order valence-electron chi connectivity index (χ2n) is 8.69. The van der Waals surface area contributed by atoms with Gasteiger partial charge in [0.15, 0.2) is 0 Å². The summed E-state index contributed by atoms with van der Waals surface area (Å²) in [6.07, 6.45) is 2.23. The number of methoxy groups -OCH3 is 3. The van der Waals surface area contributed by atoms with E-state index in [0.29, 0.717) is 24.7 Å². The monoisotopic (exact) mass is 498 g/mol. The Morgan fingerprint density at radius 2 is 1.74 bits per heavy atom. The topological polar surface area (TPSA) is 94.2 Å². The van der Waals surface area contributed by atoms with Crippen molar-refractivity contribution in [3.8, 4) is 22.4 Å². The number of piperidine rings is 1. The van der Waals surface area contributed by atoms with Gasteiger partial charge in [-0.3, -0.25) is 4.79 Å². The van der Waals surface area contributed by atoms with Crippen LogP contribution in [-0.2, 0) is 4.79 Å². The number of likely N-dealkylation sites (tertiary alicyclic amines) is 1. The standard InChI is InChI=1S/C25H30N4O5S/c1-31-16-4-6-22(33-3)18(12-16)19-14-21(28-27-19)24(30)29-10-8-15(9-11-29)34-25-26-20-13-17(32-2)5-7-23(20)35-25/h4-7,12-13,15,19,21,27-28H,8-11,14H2,1-3H3.